The molecule has 1 N–H and O–H groups in total. The first-order valence-electron chi connectivity index (χ1n) is 5.56. The van der Waals surface area contributed by atoms with E-state index >= 15 is 0 Å². The fraction of sp³-hybridized carbons (Fsp3) is 0.462. The quantitative estimate of drug-likeness (QED) is 0.858. The molecule has 0 fully saturated rings. The largest absolute Gasteiger partial charge is 0.481 e. The number of benzene rings is 1. The number of rotatable bonds is 5. The Bertz CT molecular complexity index is 376. The smallest absolute Gasteiger partial charge is 0.306 e. The van der Waals surface area contributed by atoms with Gasteiger partial charge in [-0.2, -0.15) is 0 Å². The molecule has 3 nitrogen and oxygen atoms in total. The van der Waals surface area contributed by atoms with Crippen molar-refractivity contribution in [3.8, 4) is 0 Å². The average molecular weight is 239 g/mol. The lowest BCUT2D eigenvalue weighted by Crippen LogP contribution is -2.24. The molecule has 0 saturated carbocycles. The average Bonchev–Trinajstić information content (AvgIpc) is 2.26. The Balaban J connectivity index is 2.86. The highest BCUT2D eigenvalue weighted by atomic mass is 19.1. The Kier molecular flexibility index (Phi) is 4.63. The van der Waals surface area contributed by atoms with Gasteiger partial charge in [-0.15, -0.1) is 0 Å². The molecule has 2 atom stereocenters. The third-order valence-electron chi connectivity index (χ3n) is 2.88. The Hall–Kier alpha value is -1.42. The highest BCUT2D eigenvalue weighted by Crippen LogP contribution is 2.26. The van der Waals surface area contributed by atoms with Crippen LogP contribution in [0.25, 0.3) is 0 Å². The number of hydrogen-bond donors (Lipinski definition) is 1. The second kappa shape index (κ2) is 5.77. The van der Waals surface area contributed by atoms with Gasteiger partial charge in [0, 0.05) is 6.04 Å². The Morgan fingerprint density at radius 2 is 1.88 bits per heavy atom. The molecule has 1 aromatic carbocycles. The zero-order chi connectivity index (χ0) is 13.0. The maximum Gasteiger partial charge on any atom is 0.306 e. The van der Waals surface area contributed by atoms with Crippen molar-refractivity contribution in [3.05, 3.63) is 35.6 Å². The SMILES string of the molecule is CC(CC(c1ccc(F)cc1)N(C)C)C(=O)O. The van der Waals surface area contributed by atoms with Gasteiger partial charge in [-0.1, -0.05) is 19.1 Å². The third-order valence-corrected chi connectivity index (χ3v) is 2.88. The van der Waals surface area contributed by atoms with Gasteiger partial charge in [0.1, 0.15) is 5.82 Å². The van der Waals surface area contributed by atoms with Crippen LogP contribution in [0.2, 0.25) is 0 Å². The van der Waals surface area contributed by atoms with E-state index in [1.165, 1.54) is 12.1 Å². The molecule has 0 aliphatic carbocycles. The van der Waals surface area contributed by atoms with Gasteiger partial charge >= 0.3 is 5.97 Å². The molecule has 1 aromatic rings. The number of halogens is 1. The molecule has 2 unspecified atom stereocenters. The standard InChI is InChI=1S/C13H18FNO2/c1-9(13(16)17)8-12(15(2)3)10-4-6-11(14)7-5-10/h4-7,9,12H,8H2,1-3H3,(H,16,17). The summed E-state index contributed by atoms with van der Waals surface area (Å²) in [4.78, 5) is 12.8. The molecule has 0 radical (unpaired) electrons. The summed E-state index contributed by atoms with van der Waals surface area (Å²) in [5.41, 5.74) is 0.935. The second-order valence-corrected chi connectivity index (χ2v) is 4.51. The van der Waals surface area contributed by atoms with Crippen LogP contribution >= 0.6 is 0 Å². The molecular formula is C13H18FNO2. The van der Waals surface area contributed by atoms with Crippen LogP contribution in [-0.4, -0.2) is 30.1 Å². The molecule has 0 aliphatic rings. The van der Waals surface area contributed by atoms with Gasteiger partial charge in [-0.3, -0.25) is 4.79 Å². The summed E-state index contributed by atoms with van der Waals surface area (Å²) in [5, 5.41) is 8.93. The van der Waals surface area contributed by atoms with E-state index in [1.807, 2.05) is 19.0 Å². The zero-order valence-electron chi connectivity index (χ0n) is 10.4. The first kappa shape index (κ1) is 13.6. The number of carbonyl (C=O) groups is 1. The van der Waals surface area contributed by atoms with Crippen molar-refractivity contribution in [1.82, 2.24) is 4.90 Å². The second-order valence-electron chi connectivity index (χ2n) is 4.51. The summed E-state index contributed by atoms with van der Waals surface area (Å²) < 4.78 is 12.8. The van der Waals surface area contributed by atoms with Crippen molar-refractivity contribution < 1.29 is 14.3 Å². The fourth-order valence-electron chi connectivity index (χ4n) is 1.77. The Morgan fingerprint density at radius 3 is 2.29 bits per heavy atom. The summed E-state index contributed by atoms with van der Waals surface area (Å²) in [6.45, 7) is 1.68. The zero-order valence-corrected chi connectivity index (χ0v) is 10.4. The normalized spacial score (nSPS) is 14.6. The molecule has 0 aliphatic heterocycles. The minimum Gasteiger partial charge on any atom is -0.481 e. The number of nitrogens with zero attached hydrogens (tertiary/aromatic N) is 1. The molecule has 17 heavy (non-hydrogen) atoms. The molecular weight excluding hydrogens is 221 g/mol. The summed E-state index contributed by atoms with van der Waals surface area (Å²) in [6.07, 6.45) is 0.508. The summed E-state index contributed by atoms with van der Waals surface area (Å²) in [6, 6.07) is 6.19. The molecule has 0 heterocycles. The van der Waals surface area contributed by atoms with E-state index < -0.39 is 11.9 Å². The van der Waals surface area contributed by atoms with Gasteiger partial charge in [0.2, 0.25) is 0 Å². The van der Waals surface area contributed by atoms with Gasteiger partial charge in [0.15, 0.2) is 0 Å². The lowest BCUT2D eigenvalue weighted by Gasteiger charge is -2.26. The molecule has 0 saturated heterocycles. The van der Waals surface area contributed by atoms with Crippen LogP contribution in [0, 0.1) is 11.7 Å². The van der Waals surface area contributed by atoms with E-state index in [9.17, 15) is 9.18 Å². The van der Waals surface area contributed by atoms with E-state index in [2.05, 4.69) is 0 Å². The summed E-state index contributed by atoms with van der Waals surface area (Å²) >= 11 is 0. The van der Waals surface area contributed by atoms with Gasteiger partial charge < -0.3 is 10.0 Å². The molecule has 1 rings (SSSR count). The van der Waals surface area contributed by atoms with Crippen molar-refractivity contribution >= 4 is 5.97 Å². The maximum absolute atomic E-state index is 12.8. The first-order valence-corrected chi connectivity index (χ1v) is 5.56. The summed E-state index contributed by atoms with van der Waals surface area (Å²) in [7, 11) is 3.78. The Morgan fingerprint density at radius 1 is 1.35 bits per heavy atom. The monoisotopic (exact) mass is 239 g/mol. The van der Waals surface area contributed by atoms with Gasteiger partial charge in [0.05, 0.1) is 5.92 Å². The third kappa shape index (κ3) is 3.82. The molecule has 0 aromatic heterocycles. The predicted octanol–water partition coefficient (Wildman–Crippen LogP) is 2.54. The highest BCUT2D eigenvalue weighted by Gasteiger charge is 2.21. The van der Waals surface area contributed by atoms with Crippen LogP contribution in [0.15, 0.2) is 24.3 Å². The maximum atomic E-state index is 12.8. The number of hydrogen-bond acceptors (Lipinski definition) is 2. The van der Waals surface area contributed by atoms with Crippen molar-refractivity contribution in [2.45, 2.75) is 19.4 Å². The topological polar surface area (TPSA) is 40.5 Å². The van der Waals surface area contributed by atoms with Crippen LogP contribution in [-0.2, 0) is 4.79 Å². The van der Waals surface area contributed by atoms with Crippen LogP contribution in [0.5, 0.6) is 0 Å². The molecule has 4 heteroatoms. The molecule has 0 amide bonds. The number of carboxylic acids is 1. The van der Waals surface area contributed by atoms with Crippen LogP contribution in [0.1, 0.15) is 24.9 Å². The van der Waals surface area contributed by atoms with E-state index in [0.717, 1.165) is 5.56 Å². The van der Waals surface area contributed by atoms with Gasteiger partial charge in [0.25, 0.3) is 0 Å². The highest BCUT2D eigenvalue weighted by molar-refractivity contribution is 5.69. The molecule has 94 valence electrons. The minimum atomic E-state index is -0.807. The van der Waals surface area contributed by atoms with E-state index in [4.69, 9.17) is 5.11 Å². The fourth-order valence-corrected chi connectivity index (χ4v) is 1.77. The minimum absolute atomic E-state index is 0.0123. The number of aliphatic carboxylic acids is 1. The van der Waals surface area contributed by atoms with E-state index in [0.29, 0.717) is 6.42 Å². The van der Waals surface area contributed by atoms with Crippen LogP contribution in [0.3, 0.4) is 0 Å². The van der Waals surface area contributed by atoms with E-state index in [1.54, 1.807) is 19.1 Å². The van der Waals surface area contributed by atoms with Crippen LogP contribution < -0.4 is 0 Å². The van der Waals surface area contributed by atoms with Gasteiger partial charge in [-0.05, 0) is 38.2 Å². The predicted molar refractivity (Wildman–Crippen MR) is 64.2 cm³/mol. The molecule has 0 bridgehead atoms. The van der Waals surface area contributed by atoms with Crippen molar-refractivity contribution in [2.75, 3.05) is 14.1 Å². The van der Waals surface area contributed by atoms with Gasteiger partial charge in [-0.25, -0.2) is 4.39 Å². The van der Waals surface area contributed by atoms with Crippen molar-refractivity contribution in [2.24, 2.45) is 5.92 Å². The van der Waals surface area contributed by atoms with Crippen LogP contribution in [0.4, 0.5) is 4.39 Å². The summed E-state index contributed by atoms with van der Waals surface area (Å²) in [5.74, 6) is -1.51. The molecule has 0 spiro atoms. The van der Waals surface area contributed by atoms with Crippen molar-refractivity contribution in [1.29, 1.82) is 0 Å². The lowest BCUT2D eigenvalue weighted by atomic mass is 9.95. The Labute approximate surface area is 101 Å². The first-order chi connectivity index (χ1) is 7.91. The number of carboxylic acid groups (broad SMARTS) is 1. The van der Waals surface area contributed by atoms with E-state index in [-0.39, 0.29) is 11.9 Å². The lowest BCUT2D eigenvalue weighted by molar-refractivity contribution is -0.141. The van der Waals surface area contributed by atoms with Crippen molar-refractivity contribution in [3.63, 3.8) is 0 Å².